The lowest BCUT2D eigenvalue weighted by Crippen LogP contribution is -2.23. The van der Waals surface area contributed by atoms with Gasteiger partial charge in [-0.15, -0.1) is 0 Å². The summed E-state index contributed by atoms with van der Waals surface area (Å²) >= 11 is 6.06. The lowest BCUT2D eigenvalue weighted by atomic mass is 10.1. The molecule has 0 bridgehead atoms. The highest BCUT2D eigenvalue weighted by Gasteiger charge is 2.21. The summed E-state index contributed by atoms with van der Waals surface area (Å²) in [5.41, 5.74) is 3.70. The van der Waals surface area contributed by atoms with E-state index in [0.717, 1.165) is 22.5 Å². The summed E-state index contributed by atoms with van der Waals surface area (Å²) in [6.45, 7) is 1.56. The SMILES string of the molecule is CC(=O)N1c2ccccc2C=Cc2ccc(Cl)cc21. The molecule has 0 aliphatic carbocycles. The molecule has 0 atom stereocenters. The molecular weight excluding hydrogens is 258 g/mol. The number of hydrogen-bond donors (Lipinski definition) is 0. The number of anilines is 2. The van der Waals surface area contributed by atoms with Crippen LogP contribution in [0.2, 0.25) is 5.02 Å². The maximum Gasteiger partial charge on any atom is 0.228 e. The minimum absolute atomic E-state index is 0.0281. The Balaban J connectivity index is 2.31. The second-order valence-electron chi connectivity index (χ2n) is 4.45. The number of hydrogen-bond acceptors (Lipinski definition) is 1. The Morgan fingerprint density at radius 1 is 1.00 bits per heavy atom. The Morgan fingerprint density at radius 2 is 1.68 bits per heavy atom. The number of fused-ring (bicyclic) bond motifs is 2. The zero-order valence-corrected chi connectivity index (χ0v) is 11.2. The molecule has 94 valence electrons. The van der Waals surface area contributed by atoms with E-state index in [-0.39, 0.29) is 5.91 Å². The summed E-state index contributed by atoms with van der Waals surface area (Å²) in [6.07, 6.45) is 4.03. The third-order valence-electron chi connectivity index (χ3n) is 3.17. The Bertz CT molecular complexity index is 691. The normalized spacial score (nSPS) is 12.6. The minimum Gasteiger partial charge on any atom is -0.280 e. The topological polar surface area (TPSA) is 20.3 Å². The molecule has 19 heavy (non-hydrogen) atoms. The average Bonchev–Trinajstić information content (AvgIpc) is 2.54. The van der Waals surface area contributed by atoms with Crippen molar-refractivity contribution >= 4 is 41.0 Å². The molecule has 1 amide bonds. The first-order valence-electron chi connectivity index (χ1n) is 6.04. The van der Waals surface area contributed by atoms with Gasteiger partial charge in [-0.1, -0.05) is 48.0 Å². The first kappa shape index (κ1) is 12.0. The number of para-hydroxylation sites is 1. The summed E-state index contributed by atoms with van der Waals surface area (Å²) in [6, 6.07) is 13.4. The van der Waals surface area contributed by atoms with Crippen molar-refractivity contribution in [2.24, 2.45) is 0 Å². The van der Waals surface area contributed by atoms with Crippen LogP contribution >= 0.6 is 11.6 Å². The van der Waals surface area contributed by atoms with Crippen molar-refractivity contribution in [3.8, 4) is 0 Å². The van der Waals surface area contributed by atoms with Crippen LogP contribution in [-0.2, 0) is 4.79 Å². The van der Waals surface area contributed by atoms with Crippen LogP contribution in [-0.4, -0.2) is 5.91 Å². The van der Waals surface area contributed by atoms with Gasteiger partial charge < -0.3 is 0 Å². The van der Waals surface area contributed by atoms with Crippen LogP contribution in [0.3, 0.4) is 0 Å². The molecule has 0 unspecified atom stereocenters. The maximum absolute atomic E-state index is 12.0. The van der Waals surface area contributed by atoms with Crippen LogP contribution < -0.4 is 4.90 Å². The van der Waals surface area contributed by atoms with Crippen molar-refractivity contribution in [3.05, 3.63) is 58.6 Å². The molecule has 0 spiro atoms. The molecular formula is C16H12ClNO. The van der Waals surface area contributed by atoms with Gasteiger partial charge in [0.15, 0.2) is 0 Å². The number of halogens is 1. The number of nitrogens with zero attached hydrogens (tertiary/aromatic N) is 1. The predicted molar refractivity (Wildman–Crippen MR) is 79.6 cm³/mol. The summed E-state index contributed by atoms with van der Waals surface area (Å²) in [5, 5.41) is 0.623. The molecule has 3 rings (SSSR count). The zero-order chi connectivity index (χ0) is 13.4. The van der Waals surface area contributed by atoms with Crippen LogP contribution in [0.15, 0.2) is 42.5 Å². The molecule has 1 heterocycles. The fourth-order valence-corrected chi connectivity index (χ4v) is 2.50. The van der Waals surface area contributed by atoms with Gasteiger partial charge in [0, 0.05) is 11.9 Å². The van der Waals surface area contributed by atoms with Crippen LogP contribution in [0.5, 0.6) is 0 Å². The van der Waals surface area contributed by atoms with Gasteiger partial charge in [0.2, 0.25) is 5.91 Å². The van der Waals surface area contributed by atoms with Gasteiger partial charge in [-0.25, -0.2) is 0 Å². The molecule has 2 aromatic rings. The molecule has 1 aliphatic rings. The Morgan fingerprint density at radius 3 is 2.42 bits per heavy atom. The quantitative estimate of drug-likeness (QED) is 0.689. The third-order valence-corrected chi connectivity index (χ3v) is 3.40. The summed E-state index contributed by atoms with van der Waals surface area (Å²) in [7, 11) is 0. The highest BCUT2D eigenvalue weighted by atomic mass is 35.5. The summed E-state index contributed by atoms with van der Waals surface area (Å²) in [4.78, 5) is 13.7. The van der Waals surface area contributed by atoms with E-state index in [9.17, 15) is 4.79 Å². The molecule has 0 saturated heterocycles. The van der Waals surface area contributed by atoms with Crippen LogP contribution in [0.1, 0.15) is 18.1 Å². The van der Waals surface area contributed by atoms with Gasteiger partial charge in [0.05, 0.1) is 11.4 Å². The first-order chi connectivity index (χ1) is 9.16. The van der Waals surface area contributed by atoms with E-state index in [2.05, 4.69) is 0 Å². The van der Waals surface area contributed by atoms with Gasteiger partial charge in [0.1, 0.15) is 0 Å². The van der Waals surface area contributed by atoms with Crippen LogP contribution in [0.4, 0.5) is 11.4 Å². The van der Waals surface area contributed by atoms with Gasteiger partial charge in [-0.2, -0.15) is 0 Å². The van der Waals surface area contributed by atoms with E-state index in [4.69, 9.17) is 11.6 Å². The van der Waals surface area contributed by atoms with E-state index < -0.39 is 0 Å². The number of rotatable bonds is 0. The summed E-state index contributed by atoms with van der Waals surface area (Å²) in [5.74, 6) is -0.0281. The number of amides is 1. The molecule has 3 heteroatoms. The van der Waals surface area contributed by atoms with E-state index in [0.29, 0.717) is 5.02 Å². The number of carbonyl (C=O) groups excluding carboxylic acids is 1. The Hall–Kier alpha value is -2.06. The second kappa shape index (κ2) is 4.56. The van der Waals surface area contributed by atoms with Gasteiger partial charge in [-0.3, -0.25) is 9.69 Å². The van der Waals surface area contributed by atoms with Gasteiger partial charge in [-0.05, 0) is 29.3 Å². The molecule has 1 aliphatic heterocycles. The molecule has 0 fully saturated rings. The Kier molecular flexibility index (Phi) is 2.88. The van der Waals surface area contributed by atoms with Crippen molar-refractivity contribution in [2.75, 3.05) is 4.90 Å². The summed E-state index contributed by atoms with van der Waals surface area (Å²) < 4.78 is 0. The Labute approximate surface area is 116 Å². The van der Waals surface area contributed by atoms with Crippen LogP contribution in [0.25, 0.3) is 12.2 Å². The number of carbonyl (C=O) groups is 1. The first-order valence-corrected chi connectivity index (χ1v) is 6.42. The van der Waals surface area contributed by atoms with E-state index in [1.54, 1.807) is 11.8 Å². The highest BCUT2D eigenvalue weighted by Crippen LogP contribution is 2.37. The zero-order valence-electron chi connectivity index (χ0n) is 10.4. The maximum atomic E-state index is 12.0. The fourth-order valence-electron chi connectivity index (χ4n) is 2.33. The van der Waals surface area contributed by atoms with Gasteiger partial charge in [0.25, 0.3) is 0 Å². The molecule has 2 nitrogen and oxygen atoms in total. The largest absolute Gasteiger partial charge is 0.280 e. The number of benzene rings is 2. The van der Waals surface area contributed by atoms with Crippen molar-refractivity contribution in [3.63, 3.8) is 0 Å². The van der Waals surface area contributed by atoms with E-state index >= 15 is 0 Å². The van der Waals surface area contributed by atoms with Crippen molar-refractivity contribution in [1.29, 1.82) is 0 Å². The molecule has 0 saturated carbocycles. The van der Waals surface area contributed by atoms with Crippen molar-refractivity contribution in [2.45, 2.75) is 6.92 Å². The minimum atomic E-state index is -0.0281. The monoisotopic (exact) mass is 269 g/mol. The highest BCUT2D eigenvalue weighted by molar-refractivity contribution is 6.31. The average molecular weight is 270 g/mol. The van der Waals surface area contributed by atoms with Crippen LogP contribution in [0, 0.1) is 0 Å². The molecule has 2 aromatic carbocycles. The van der Waals surface area contributed by atoms with E-state index in [1.807, 2.05) is 54.6 Å². The van der Waals surface area contributed by atoms with Crippen molar-refractivity contribution in [1.82, 2.24) is 0 Å². The molecule has 0 radical (unpaired) electrons. The predicted octanol–water partition coefficient (Wildman–Crippen LogP) is 4.51. The lowest BCUT2D eigenvalue weighted by molar-refractivity contribution is -0.115. The lowest BCUT2D eigenvalue weighted by Gasteiger charge is -2.23. The standard InChI is InChI=1S/C16H12ClNO/c1-11(19)18-15-5-3-2-4-12(15)6-7-13-8-9-14(17)10-16(13)18/h2-10H,1H3. The molecule has 0 N–H and O–H groups in total. The molecule has 0 aromatic heterocycles. The third kappa shape index (κ3) is 2.04. The second-order valence-corrected chi connectivity index (χ2v) is 4.89. The van der Waals surface area contributed by atoms with Gasteiger partial charge >= 0.3 is 0 Å². The van der Waals surface area contributed by atoms with Crippen molar-refractivity contribution < 1.29 is 4.79 Å². The smallest absolute Gasteiger partial charge is 0.228 e. The fraction of sp³-hybridized carbons (Fsp3) is 0.0625. The van der Waals surface area contributed by atoms with E-state index in [1.165, 1.54) is 0 Å².